The van der Waals surface area contributed by atoms with Gasteiger partial charge in [-0.3, -0.25) is 4.79 Å². The number of para-hydroxylation sites is 1. The number of nitrogens with zero attached hydrogens (tertiary/aromatic N) is 3. The lowest BCUT2D eigenvalue weighted by Gasteiger charge is -2.32. The molecule has 1 fully saturated rings. The standard InChI is InChI=1S/C29H32N4O6/c1-18-12-19(13-22-16-33(17-37-2)31-26(18)22)14-25(28(35)38-3)39-29(36)32-10-8-20(9-11-32)23-15-21-6-4-5-7-24(21)30-27(23)34/h4-7,12-13,15-16,20,25H,8-11,14,17H2,1-3H3,(H,30,34). The van der Waals surface area contributed by atoms with E-state index in [9.17, 15) is 14.4 Å². The van der Waals surface area contributed by atoms with Gasteiger partial charge in [0.15, 0.2) is 0 Å². The highest BCUT2D eigenvalue weighted by molar-refractivity contribution is 5.83. The van der Waals surface area contributed by atoms with Gasteiger partial charge in [-0.2, -0.15) is 5.10 Å². The molecule has 2 aromatic heterocycles. The number of methoxy groups -OCH3 is 2. The molecule has 204 valence electrons. The van der Waals surface area contributed by atoms with Crippen LogP contribution >= 0.6 is 0 Å². The van der Waals surface area contributed by atoms with Crippen LogP contribution in [0.3, 0.4) is 0 Å². The Kier molecular flexibility index (Phi) is 7.65. The first-order valence-electron chi connectivity index (χ1n) is 13.0. The van der Waals surface area contributed by atoms with Gasteiger partial charge in [0.25, 0.3) is 5.56 Å². The van der Waals surface area contributed by atoms with Crippen molar-refractivity contribution in [3.05, 3.63) is 75.7 Å². The number of aryl methyl sites for hydroxylation is 1. The smallest absolute Gasteiger partial charge is 0.410 e. The van der Waals surface area contributed by atoms with E-state index < -0.39 is 18.2 Å². The number of aromatic nitrogens is 3. The average molecular weight is 533 g/mol. The Balaban J connectivity index is 1.25. The SMILES string of the molecule is COCn1cc2cc(CC(OC(=O)N3CCC(c4cc5ccccc5[nH]c4=O)CC3)C(=O)OC)cc(C)c2n1. The average Bonchev–Trinajstić information content (AvgIpc) is 3.35. The summed E-state index contributed by atoms with van der Waals surface area (Å²) >= 11 is 0. The Morgan fingerprint density at radius 2 is 1.87 bits per heavy atom. The van der Waals surface area contributed by atoms with E-state index in [0.717, 1.165) is 38.5 Å². The quantitative estimate of drug-likeness (QED) is 0.359. The Morgan fingerprint density at radius 1 is 1.10 bits per heavy atom. The number of pyridine rings is 1. The number of fused-ring (bicyclic) bond motifs is 2. The van der Waals surface area contributed by atoms with Crippen molar-refractivity contribution in [2.24, 2.45) is 0 Å². The highest BCUT2D eigenvalue weighted by Gasteiger charge is 2.31. The van der Waals surface area contributed by atoms with E-state index in [4.69, 9.17) is 14.2 Å². The molecule has 3 heterocycles. The van der Waals surface area contributed by atoms with E-state index in [0.29, 0.717) is 32.7 Å². The summed E-state index contributed by atoms with van der Waals surface area (Å²) < 4.78 is 17.5. The number of ether oxygens (including phenoxy) is 3. The van der Waals surface area contributed by atoms with E-state index in [1.54, 1.807) is 16.7 Å². The fourth-order valence-corrected chi connectivity index (χ4v) is 5.31. The van der Waals surface area contributed by atoms with Crippen LogP contribution in [0.1, 0.15) is 35.4 Å². The number of hydrogen-bond acceptors (Lipinski definition) is 7. The first-order chi connectivity index (χ1) is 18.9. The third kappa shape index (κ3) is 5.65. The fraction of sp³-hybridized carbons (Fsp3) is 0.379. The van der Waals surface area contributed by atoms with Gasteiger partial charge in [-0.05, 0) is 60.4 Å². The Labute approximate surface area is 225 Å². The molecule has 1 atom stereocenters. The molecule has 10 nitrogen and oxygen atoms in total. The molecule has 1 saturated heterocycles. The van der Waals surface area contributed by atoms with Gasteiger partial charge in [-0.1, -0.05) is 24.3 Å². The Hall–Kier alpha value is -4.18. The van der Waals surface area contributed by atoms with Crippen LogP contribution in [0.2, 0.25) is 0 Å². The molecule has 0 saturated carbocycles. The number of carbonyl (C=O) groups is 2. The molecule has 0 bridgehead atoms. The maximum absolute atomic E-state index is 13.1. The summed E-state index contributed by atoms with van der Waals surface area (Å²) in [5, 5.41) is 6.40. The minimum Gasteiger partial charge on any atom is -0.466 e. The van der Waals surface area contributed by atoms with Crippen molar-refractivity contribution in [2.75, 3.05) is 27.3 Å². The number of carbonyl (C=O) groups excluding carboxylic acids is 2. The van der Waals surface area contributed by atoms with Crippen molar-refractivity contribution in [2.45, 2.75) is 44.9 Å². The second-order valence-electron chi connectivity index (χ2n) is 9.94. The predicted octanol–water partition coefficient (Wildman–Crippen LogP) is 3.89. The molecule has 0 radical (unpaired) electrons. The maximum atomic E-state index is 13.1. The Morgan fingerprint density at radius 3 is 2.62 bits per heavy atom. The summed E-state index contributed by atoms with van der Waals surface area (Å²) in [7, 11) is 2.88. The number of nitrogens with one attached hydrogen (secondary N) is 1. The maximum Gasteiger partial charge on any atom is 0.410 e. The van der Waals surface area contributed by atoms with E-state index in [2.05, 4.69) is 10.1 Å². The molecular formula is C29H32N4O6. The summed E-state index contributed by atoms with van der Waals surface area (Å²) in [4.78, 5) is 42.9. The Bertz CT molecular complexity index is 1570. The van der Waals surface area contributed by atoms with Gasteiger partial charge >= 0.3 is 12.1 Å². The molecule has 1 unspecified atom stereocenters. The van der Waals surface area contributed by atoms with Crippen LogP contribution < -0.4 is 5.56 Å². The van der Waals surface area contributed by atoms with Gasteiger partial charge in [0.2, 0.25) is 6.10 Å². The third-order valence-corrected chi connectivity index (χ3v) is 7.27. The lowest BCUT2D eigenvalue weighted by Crippen LogP contribution is -2.42. The van der Waals surface area contributed by atoms with Crippen LogP contribution in [0.5, 0.6) is 0 Å². The molecular weight excluding hydrogens is 500 g/mol. The summed E-state index contributed by atoms with van der Waals surface area (Å²) in [5.74, 6) is -0.582. The number of aromatic amines is 1. The number of piperidine rings is 1. The van der Waals surface area contributed by atoms with Crippen molar-refractivity contribution in [1.29, 1.82) is 0 Å². The van der Waals surface area contributed by atoms with Crippen molar-refractivity contribution in [3.8, 4) is 0 Å². The molecule has 10 heteroatoms. The third-order valence-electron chi connectivity index (χ3n) is 7.27. The zero-order chi connectivity index (χ0) is 27.5. The molecule has 39 heavy (non-hydrogen) atoms. The van der Waals surface area contributed by atoms with E-state index in [1.807, 2.05) is 55.6 Å². The molecule has 4 aromatic rings. The number of esters is 1. The molecule has 0 spiro atoms. The van der Waals surface area contributed by atoms with Crippen molar-refractivity contribution < 1.29 is 23.8 Å². The van der Waals surface area contributed by atoms with E-state index in [-0.39, 0.29) is 17.9 Å². The molecule has 1 aliphatic rings. The van der Waals surface area contributed by atoms with Gasteiger partial charge in [0.05, 0.1) is 12.6 Å². The number of benzene rings is 2. The monoisotopic (exact) mass is 532 g/mol. The minimum atomic E-state index is -1.09. The molecule has 2 aromatic carbocycles. The van der Waals surface area contributed by atoms with Gasteiger partial charge in [-0.15, -0.1) is 0 Å². The number of H-pyrrole nitrogens is 1. The number of rotatable bonds is 7. The van der Waals surface area contributed by atoms with E-state index in [1.165, 1.54) is 7.11 Å². The second kappa shape index (κ2) is 11.3. The lowest BCUT2D eigenvalue weighted by molar-refractivity contribution is -0.151. The highest BCUT2D eigenvalue weighted by atomic mass is 16.6. The first-order valence-corrected chi connectivity index (χ1v) is 13.0. The zero-order valence-electron chi connectivity index (χ0n) is 22.3. The van der Waals surface area contributed by atoms with Crippen molar-refractivity contribution in [1.82, 2.24) is 19.7 Å². The molecule has 1 aliphatic heterocycles. The van der Waals surface area contributed by atoms with Gasteiger partial charge < -0.3 is 24.1 Å². The first kappa shape index (κ1) is 26.4. The largest absolute Gasteiger partial charge is 0.466 e. The molecule has 1 N–H and O–H groups in total. The normalized spacial score (nSPS) is 15.0. The van der Waals surface area contributed by atoms with Gasteiger partial charge in [0, 0.05) is 49.3 Å². The van der Waals surface area contributed by atoms with Crippen LogP contribution in [0, 0.1) is 6.92 Å². The van der Waals surface area contributed by atoms with Crippen LogP contribution in [0.25, 0.3) is 21.8 Å². The van der Waals surface area contributed by atoms with Crippen molar-refractivity contribution >= 4 is 33.9 Å². The van der Waals surface area contributed by atoms with Gasteiger partial charge in [0.1, 0.15) is 6.73 Å². The highest BCUT2D eigenvalue weighted by Crippen LogP contribution is 2.28. The molecule has 1 amide bonds. The van der Waals surface area contributed by atoms with Crippen LogP contribution in [0.4, 0.5) is 4.79 Å². The second-order valence-corrected chi connectivity index (χ2v) is 9.94. The number of amides is 1. The summed E-state index contributed by atoms with van der Waals surface area (Å²) in [6.07, 6.45) is 1.64. The fourth-order valence-electron chi connectivity index (χ4n) is 5.31. The van der Waals surface area contributed by atoms with Crippen LogP contribution in [-0.4, -0.2) is 65.1 Å². The van der Waals surface area contributed by atoms with Crippen LogP contribution in [-0.2, 0) is 32.2 Å². The predicted molar refractivity (Wildman–Crippen MR) is 146 cm³/mol. The topological polar surface area (TPSA) is 116 Å². The minimum absolute atomic E-state index is 0.0348. The molecule has 0 aliphatic carbocycles. The summed E-state index contributed by atoms with van der Waals surface area (Å²) in [6.45, 7) is 3.12. The number of likely N-dealkylation sites (tertiary alicyclic amines) is 1. The number of hydrogen-bond donors (Lipinski definition) is 1. The van der Waals surface area contributed by atoms with E-state index >= 15 is 0 Å². The summed E-state index contributed by atoms with van der Waals surface area (Å²) in [5.41, 5.74) is 4.05. The van der Waals surface area contributed by atoms with Gasteiger partial charge in [-0.25, -0.2) is 14.3 Å². The summed E-state index contributed by atoms with van der Waals surface area (Å²) in [6, 6.07) is 13.5. The lowest BCUT2D eigenvalue weighted by atomic mass is 9.89. The molecule has 5 rings (SSSR count). The van der Waals surface area contributed by atoms with Crippen LogP contribution in [0.15, 0.2) is 53.5 Å². The van der Waals surface area contributed by atoms with Crippen molar-refractivity contribution in [3.63, 3.8) is 0 Å². The zero-order valence-corrected chi connectivity index (χ0v) is 22.3.